The smallest absolute Gasteiger partial charge is 0.254 e. The van der Waals surface area contributed by atoms with Gasteiger partial charge >= 0.3 is 0 Å². The molecule has 1 N–H and O–H groups in total. The fourth-order valence-corrected chi connectivity index (χ4v) is 2.52. The van der Waals surface area contributed by atoms with E-state index in [-0.39, 0.29) is 12.1 Å². The Morgan fingerprint density at radius 2 is 2.25 bits per heavy atom. The molecule has 1 amide bonds. The number of imidazole rings is 1. The van der Waals surface area contributed by atoms with Crippen molar-refractivity contribution < 1.29 is 13.6 Å². The number of rotatable bonds is 3. The number of benzene rings is 1. The molecule has 0 saturated carbocycles. The van der Waals surface area contributed by atoms with E-state index in [0.717, 1.165) is 23.2 Å². The maximum atomic E-state index is 13.4. The van der Waals surface area contributed by atoms with E-state index >= 15 is 0 Å². The number of fused-ring (bicyclic) bond motifs is 1. The monoisotopic (exact) mass is 293 g/mol. The number of halogens is 2. The number of amides is 1. The standard InChI is InChI=1S/C13H9F2N3OS/c14-8-1-2-11(15)10(5-8)12(19)16-6-9-7-18-3-4-20-13(18)17-9/h1-5,7H,6H2,(H,16,19). The van der Waals surface area contributed by atoms with Gasteiger partial charge in [0, 0.05) is 17.8 Å². The summed E-state index contributed by atoms with van der Waals surface area (Å²) in [7, 11) is 0. The van der Waals surface area contributed by atoms with Crippen LogP contribution in [0.4, 0.5) is 8.78 Å². The zero-order valence-corrected chi connectivity index (χ0v) is 11.0. The van der Waals surface area contributed by atoms with Crippen LogP contribution in [0.5, 0.6) is 0 Å². The maximum absolute atomic E-state index is 13.4. The van der Waals surface area contributed by atoms with Crippen LogP contribution >= 0.6 is 11.3 Å². The lowest BCUT2D eigenvalue weighted by Gasteiger charge is -2.04. The summed E-state index contributed by atoms with van der Waals surface area (Å²) in [5.74, 6) is -2.08. The Bertz CT molecular complexity index is 752. The van der Waals surface area contributed by atoms with E-state index in [1.807, 2.05) is 16.0 Å². The molecule has 7 heteroatoms. The summed E-state index contributed by atoms with van der Waals surface area (Å²) >= 11 is 1.47. The number of nitrogens with one attached hydrogen (secondary N) is 1. The number of hydrogen-bond acceptors (Lipinski definition) is 3. The van der Waals surface area contributed by atoms with Crippen LogP contribution in [0, 0.1) is 11.6 Å². The number of aromatic nitrogens is 2. The van der Waals surface area contributed by atoms with Crippen molar-refractivity contribution in [1.29, 1.82) is 0 Å². The van der Waals surface area contributed by atoms with Crippen molar-refractivity contribution >= 4 is 22.2 Å². The lowest BCUT2D eigenvalue weighted by atomic mass is 10.2. The highest BCUT2D eigenvalue weighted by molar-refractivity contribution is 7.15. The summed E-state index contributed by atoms with van der Waals surface area (Å²) in [4.78, 5) is 16.9. The molecule has 0 fully saturated rings. The number of thiazole rings is 1. The van der Waals surface area contributed by atoms with Gasteiger partial charge in [-0.3, -0.25) is 9.20 Å². The van der Waals surface area contributed by atoms with E-state index in [0.29, 0.717) is 5.69 Å². The second-order valence-corrected chi connectivity index (χ2v) is 5.00. The average molecular weight is 293 g/mol. The summed E-state index contributed by atoms with van der Waals surface area (Å²) in [5.41, 5.74) is 0.341. The molecule has 2 aromatic heterocycles. The molecule has 0 aliphatic heterocycles. The molecule has 3 aromatic rings. The van der Waals surface area contributed by atoms with Crippen molar-refractivity contribution in [3.63, 3.8) is 0 Å². The summed E-state index contributed by atoms with van der Waals surface area (Å²) in [6.07, 6.45) is 3.62. The Morgan fingerprint density at radius 1 is 1.40 bits per heavy atom. The number of carbonyl (C=O) groups is 1. The van der Waals surface area contributed by atoms with Crippen LogP contribution < -0.4 is 5.32 Å². The van der Waals surface area contributed by atoms with Crippen molar-refractivity contribution in [2.45, 2.75) is 6.54 Å². The van der Waals surface area contributed by atoms with Gasteiger partial charge in [0.15, 0.2) is 4.96 Å². The van der Waals surface area contributed by atoms with Crippen molar-refractivity contribution in [1.82, 2.24) is 14.7 Å². The minimum atomic E-state index is -0.755. The molecule has 0 radical (unpaired) electrons. The molecular weight excluding hydrogens is 284 g/mol. The molecule has 2 heterocycles. The van der Waals surface area contributed by atoms with Crippen LogP contribution in [-0.4, -0.2) is 15.3 Å². The number of carbonyl (C=O) groups excluding carboxylic acids is 1. The third-order valence-corrected chi connectivity index (χ3v) is 3.52. The topological polar surface area (TPSA) is 46.4 Å². The normalized spacial score (nSPS) is 10.9. The molecular formula is C13H9F2N3OS. The van der Waals surface area contributed by atoms with E-state index in [4.69, 9.17) is 0 Å². The van der Waals surface area contributed by atoms with Gasteiger partial charge in [-0.25, -0.2) is 13.8 Å². The second kappa shape index (κ2) is 5.01. The molecule has 0 aliphatic carbocycles. The Morgan fingerprint density at radius 3 is 3.05 bits per heavy atom. The fourth-order valence-electron chi connectivity index (χ4n) is 1.80. The Hall–Kier alpha value is -2.28. The second-order valence-electron chi connectivity index (χ2n) is 4.13. The number of nitrogens with zero attached hydrogens (tertiary/aromatic N) is 2. The van der Waals surface area contributed by atoms with Crippen LogP contribution in [0.3, 0.4) is 0 Å². The SMILES string of the molecule is O=C(NCc1cn2ccsc2n1)c1cc(F)ccc1F. The van der Waals surface area contributed by atoms with E-state index < -0.39 is 17.5 Å². The lowest BCUT2D eigenvalue weighted by molar-refractivity contribution is 0.0946. The van der Waals surface area contributed by atoms with Gasteiger partial charge < -0.3 is 5.32 Å². The molecule has 102 valence electrons. The van der Waals surface area contributed by atoms with Crippen molar-refractivity contribution in [3.8, 4) is 0 Å². The molecule has 1 aromatic carbocycles. The van der Waals surface area contributed by atoms with E-state index in [1.54, 1.807) is 6.20 Å². The summed E-state index contributed by atoms with van der Waals surface area (Å²) in [6.45, 7) is 0.156. The van der Waals surface area contributed by atoms with Gasteiger partial charge in [-0.2, -0.15) is 0 Å². The first-order valence-electron chi connectivity index (χ1n) is 5.78. The minimum absolute atomic E-state index is 0.156. The van der Waals surface area contributed by atoms with Crippen LogP contribution in [0.15, 0.2) is 36.0 Å². The van der Waals surface area contributed by atoms with Gasteiger partial charge in [-0.05, 0) is 18.2 Å². The molecule has 20 heavy (non-hydrogen) atoms. The molecule has 0 bridgehead atoms. The lowest BCUT2D eigenvalue weighted by Crippen LogP contribution is -2.24. The Kier molecular flexibility index (Phi) is 3.19. The molecule has 4 nitrogen and oxygen atoms in total. The fraction of sp³-hybridized carbons (Fsp3) is 0.0769. The first-order chi connectivity index (χ1) is 9.63. The van der Waals surface area contributed by atoms with Crippen molar-refractivity contribution in [3.05, 3.63) is 58.9 Å². The first kappa shape index (κ1) is 12.7. The zero-order valence-electron chi connectivity index (χ0n) is 10.1. The van der Waals surface area contributed by atoms with Gasteiger partial charge in [0.2, 0.25) is 0 Å². The van der Waals surface area contributed by atoms with Crippen molar-refractivity contribution in [2.24, 2.45) is 0 Å². The van der Waals surface area contributed by atoms with Crippen LogP contribution in [0.1, 0.15) is 16.1 Å². The summed E-state index contributed by atoms with van der Waals surface area (Å²) < 4.78 is 28.3. The molecule has 0 saturated heterocycles. The number of hydrogen-bond donors (Lipinski definition) is 1. The third kappa shape index (κ3) is 2.39. The highest BCUT2D eigenvalue weighted by atomic mass is 32.1. The zero-order chi connectivity index (χ0) is 14.1. The minimum Gasteiger partial charge on any atom is -0.346 e. The van der Waals surface area contributed by atoms with Gasteiger partial charge in [-0.1, -0.05) is 0 Å². The molecule has 0 unspecified atom stereocenters. The predicted molar refractivity (Wildman–Crippen MR) is 70.6 cm³/mol. The van der Waals surface area contributed by atoms with E-state index in [9.17, 15) is 13.6 Å². The van der Waals surface area contributed by atoms with Crippen LogP contribution in [0.2, 0.25) is 0 Å². The van der Waals surface area contributed by atoms with Gasteiger partial charge in [0.25, 0.3) is 5.91 Å². The van der Waals surface area contributed by atoms with Crippen LogP contribution in [0.25, 0.3) is 4.96 Å². The first-order valence-corrected chi connectivity index (χ1v) is 6.66. The van der Waals surface area contributed by atoms with Gasteiger partial charge in [0.05, 0.1) is 17.8 Å². The predicted octanol–water partition coefficient (Wildman–Crippen LogP) is 2.60. The van der Waals surface area contributed by atoms with E-state index in [2.05, 4.69) is 10.3 Å². The maximum Gasteiger partial charge on any atom is 0.254 e. The summed E-state index contributed by atoms with van der Waals surface area (Å²) in [5, 5.41) is 4.41. The quantitative estimate of drug-likeness (QED) is 0.807. The third-order valence-electron chi connectivity index (χ3n) is 2.75. The van der Waals surface area contributed by atoms with E-state index in [1.165, 1.54) is 11.3 Å². The Labute approximate surface area is 116 Å². The van der Waals surface area contributed by atoms with Crippen LogP contribution in [-0.2, 0) is 6.54 Å². The van der Waals surface area contributed by atoms with Gasteiger partial charge in [-0.15, -0.1) is 11.3 Å². The highest BCUT2D eigenvalue weighted by Gasteiger charge is 2.13. The molecule has 0 atom stereocenters. The largest absolute Gasteiger partial charge is 0.346 e. The highest BCUT2D eigenvalue weighted by Crippen LogP contribution is 2.12. The average Bonchev–Trinajstić information content (AvgIpc) is 2.99. The molecule has 3 rings (SSSR count). The van der Waals surface area contributed by atoms with Crippen molar-refractivity contribution in [2.75, 3.05) is 0 Å². The Balaban J connectivity index is 1.73. The molecule has 0 spiro atoms. The molecule has 0 aliphatic rings. The van der Waals surface area contributed by atoms with Gasteiger partial charge in [0.1, 0.15) is 11.6 Å². The summed E-state index contributed by atoms with van der Waals surface area (Å²) in [6, 6.07) is 2.77.